The fourth-order valence-corrected chi connectivity index (χ4v) is 2.49. The van der Waals surface area contributed by atoms with Crippen LogP contribution in [0.25, 0.3) is 0 Å². The summed E-state index contributed by atoms with van der Waals surface area (Å²) in [6.45, 7) is 2.78. The maximum Gasteiger partial charge on any atom is 0.0896 e. The molecule has 0 aliphatic carbocycles. The van der Waals surface area contributed by atoms with Crippen molar-refractivity contribution in [3.63, 3.8) is 0 Å². The van der Waals surface area contributed by atoms with Gasteiger partial charge >= 0.3 is 0 Å². The van der Waals surface area contributed by atoms with Gasteiger partial charge in [-0.05, 0) is 24.8 Å². The fraction of sp³-hybridized carbons (Fsp3) is 0.500. The average Bonchev–Trinajstić information content (AvgIpc) is 2.97. The number of hydrogen-bond donors (Lipinski definition) is 2. The van der Waals surface area contributed by atoms with Crippen molar-refractivity contribution in [3.05, 3.63) is 34.3 Å². The Morgan fingerprint density at radius 2 is 2.39 bits per heavy atom. The van der Waals surface area contributed by atoms with Gasteiger partial charge in [-0.2, -0.15) is 0 Å². The highest BCUT2D eigenvalue weighted by atomic mass is 32.1. The van der Waals surface area contributed by atoms with E-state index < -0.39 is 6.10 Å². The first-order valence-corrected chi connectivity index (χ1v) is 6.83. The van der Waals surface area contributed by atoms with Crippen LogP contribution in [0.3, 0.4) is 0 Å². The van der Waals surface area contributed by atoms with Crippen LogP contribution >= 0.6 is 11.3 Å². The van der Waals surface area contributed by atoms with Gasteiger partial charge in [0.05, 0.1) is 18.0 Å². The molecule has 2 aromatic heterocycles. The lowest BCUT2D eigenvalue weighted by molar-refractivity contribution is 0.157. The first kappa shape index (κ1) is 13.2. The Bertz CT molecular complexity index is 468. The molecule has 0 spiro atoms. The second-order valence-corrected chi connectivity index (χ2v) is 5.38. The number of aliphatic hydroxyl groups excluding tert-OH is 1. The van der Waals surface area contributed by atoms with E-state index in [-0.39, 0.29) is 6.04 Å². The van der Waals surface area contributed by atoms with Crippen molar-refractivity contribution in [1.82, 2.24) is 20.3 Å². The average molecular weight is 266 g/mol. The van der Waals surface area contributed by atoms with E-state index in [1.165, 1.54) is 0 Å². The van der Waals surface area contributed by atoms with Gasteiger partial charge in [-0.1, -0.05) is 11.3 Å². The molecule has 0 unspecified atom stereocenters. The van der Waals surface area contributed by atoms with Crippen LogP contribution in [-0.4, -0.2) is 26.1 Å². The fourth-order valence-electron chi connectivity index (χ4n) is 1.77. The predicted molar refractivity (Wildman–Crippen MR) is 71.2 cm³/mol. The molecule has 0 bridgehead atoms. The van der Waals surface area contributed by atoms with Crippen LogP contribution in [-0.2, 0) is 13.6 Å². The minimum Gasteiger partial charge on any atom is -0.388 e. The quantitative estimate of drug-likeness (QED) is 0.831. The van der Waals surface area contributed by atoms with E-state index in [0.717, 1.165) is 10.6 Å². The second-order valence-electron chi connectivity index (χ2n) is 4.40. The van der Waals surface area contributed by atoms with Crippen LogP contribution in [0, 0.1) is 0 Å². The Balaban J connectivity index is 1.79. The predicted octanol–water partition coefficient (Wildman–Crippen LogP) is 1.48. The van der Waals surface area contributed by atoms with Crippen molar-refractivity contribution < 1.29 is 5.11 Å². The number of aliphatic hydroxyl groups is 1. The maximum atomic E-state index is 10.0. The van der Waals surface area contributed by atoms with E-state index in [1.807, 2.05) is 24.6 Å². The smallest absolute Gasteiger partial charge is 0.0896 e. The van der Waals surface area contributed by atoms with Crippen LogP contribution in [0.15, 0.2) is 23.7 Å². The van der Waals surface area contributed by atoms with E-state index >= 15 is 0 Å². The molecule has 2 atom stereocenters. The molecule has 0 radical (unpaired) electrons. The first-order valence-electron chi connectivity index (χ1n) is 5.95. The third-order valence-electron chi connectivity index (χ3n) is 2.89. The van der Waals surface area contributed by atoms with Crippen molar-refractivity contribution in [2.75, 3.05) is 0 Å². The standard InChI is InChI=1S/C12H18N4OS/c1-9(6-11(17)12-4-3-5-18-12)13-7-10-8-14-15-16(10)2/h3-5,8-9,11,13,17H,6-7H2,1-2H3/t9-,11+/m0/s1. The molecule has 2 rings (SSSR count). The minimum absolute atomic E-state index is 0.233. The Labute approximate surface area is 110 Å². The minimum atomic E-state index is -0.392. The highest BCUT2D eigenvalue weighted by Crippen LogP contribution is 2.22. The van der Waals surface area contributed by atoms with Crippen LogP contribution in [0.1, 0.15) is 30.0 Å². The van der Waals surface area contributed by atoms with Crippen LogP contribution < -0.4 is 5.32 Å². The molecular formula is C12H18N4OS. The summed E-state index contributed by atoms with van der Waals surface area (Å²) in [7, 11) is 1.87. The molecule has 0 aromatic carbocycles. The Morgan fingerprint density at radius 3 is 3.00 bits per heavy atom. The van der Waals surface area contributed by atoms with Crippen molar-refractivity contribution in [2.45, 2.75) is 32.0 Å². The molecule has 18 heavy (non-hydrogen) atoms. The Hall–Kier alpha value is -1.24. The van der Waals surface area contributed by atoms with E-state index in [4.69, 9.17) is 0 Å². The summed E-state index contributed by atoms with van der Waals surface area (Å²) in [4.78, 5) is 1.02. The molecule has 0 fully saturated rings. The molecule has 5 nitrogen and oxygen atoms in total. The molecule has 0 aliphatic heterocycles. The highest BCUT2D eigenvalue weighted by molar-refractivity contribution is 7.10. The van der Waals surface area contributed by atoms with Crippen LogP contribution in [0.2, 0.25) is 0 Å². The molecule has 2 heterocycles. The van der Waals surface area contributed by atoms with Gasteiger partial charge in [0.15, 0.2) is 0 Å². The van der Waals surface area contributed by atoms with Crippen molar-refractivity contribution >= 4 is 11.3 Å². The zero-order valence-corrected chi connectivity index (χ0v) is 11.4. The van der Waals surface area contributed by atoms with E-state index in [2.05, 4.69) is 22.6 Å². The summed E-state index contributed by atoms with van der Waals surface area (Å²) in [5.74, 6) is 0. The topological polar surface area (TPSA) is 63.0 Å². The molecule has 98 valence electrons. The second kappa shape index (κ2) is 6.08. The summed E-state index contributed by atoms with van der Waals surface area (Å²) < 4.78 is 1.75. The third-order valence-corrected chi connectivity index (χ3v) is 3.86. The molecule has 2 N–H and O–H groups in total. The molecule has 0 saturated carbocycles. The van der Waals surface area contributed by atoms with E-state index in [9.17, 15) is 5.11 Å². The summed E-state index contributed by atoms with van der Waals surface area (Å²) in [5.41, 5.74) is 1.03. The van der Waals surface area contributed by atoms with Gasteiger partial charge in [0.1, 0.15) is 0 Å². The number of nitrogens with one attached hydrogen (secondary N) is 1. The van der Waals surface area contributed by atoms with E-state index in [1.54, 1.807) is 22.2 Å². The molecule has 6 heteroatoms. The summed E-state index contributed by atoms with van der Waals surface area (Å²) in [6.07, 6.45) is 2.05. The van der Waals surface area contributed by atoms with Gasteiger partial charge in [-0.25, -0.2) is 0 Å². The highest BCUT2D eigenvalue weighted by Gasteiger charge is 2.13. The van der Waals surface area contributed by atoms with Crippen LogP contribution in [0.5, 0.6) is 0 Å². The van der Waals surface area contributed by atoms with Crippen LogP contribution in [0.4, 0.5) is 0 Å². The molecule has 0 saturated heterocycles. The third kappa shape index (κ3) is 3.38. The van der Waals surface area contributed by atoms with Gasteiger partial charge < -0.3 is 10.4 Å². The lowest BCUT2D eigenvalue weighted by atomic mass is 10.1. The summed E-state index contributed by atoms with van der Waals surface area (Å²) >= 11 is 1.59. The zero-order chi connectivity index (χ0) is 13.0. The zero-order valence-electron chi connectivity index (χ0n) is 10.6. The molecular weight excluding hydrogens is 248 g/mol. The van der Waals surface area contributed by atoms with Gasteiger partial charge in [0.25, 0.3) is 0 Å². The van der Waals surface area contributed by atoms with E-state index in [0.29, 0.717) is 13.0 Å². The normalized spacial score (nSPS) is 14.6. The monoisotopic (exact) mass is 266 g/mol. The van der Waals surface area contributed by atoms with Gasteiger partial charge in [0.2, 0.25) is 0 Å². The van der Waals surface area contributed by atoms with Gasteiger partial charge in [-0.15, -0.1) is 16.4 Å². The van der Waals surface area contributed by atoms with Crippen molar-refractivity contribution in [2.24, 2.45) is 7.05 Å². The van der Waals surface area contributed by atoms with Crippen molar-refractivity contribution in [1.29, 1.82) is 0 Å². The molecule has 0 aliphatic rings. The number of hydrogen-bond acceptors (Lipinski definition) is 5. The number of aromatic nitrogens is 3. The molecule has 2 aromatic rings. The number of nitrogens with zero attached hydrogens (tertiary/aromatic N) is 3. The lowest BCUT2D eigenvalue weighted by Crippen LogP contribution is -2.28. The maximum absolute atomic E-state index is 10.0. The largest absolute Gasteiger partial charge is 0.388 e. The van der Waals surface area contributed by atoms with Crippen molar-refractivity contribution in [3.8, 4) is 0 Å². The number of aryl methyl sites for hydroxylation is 1. The SMILES string of the molecule is C[C@@H](C[C@@H](O)c1cccs1)NCc1cnnn1C. The van der Waals surface area contributed by atoms with Gasteiger partial charge in [-0.3, -0.25) is 4.68 Å². The first-order chi connectivity index (χ1) is 8.66. The summed E-state index contributed by atoms with van der Waals surface area (Å²) in [5, 5.41) is 23.1. The number of rotatable bonds is 6. The Kier molecular flexibility index (Phi) is 4.46. The Morgan fingerprint density at radius 1 is 1.56 bits per heavy atom. The summed E-state index contributed by atoms with van der Waals surface area (Å²) in [6, 6.07) is 4.16. The van der Waals surface area contributed by atoms with Gasteiger partial charge in [0, 0.05) is 24.5 Å². The number of thiophene rings is 1. The molecule has 0 amide bonds. The lowest BCUT2D eigenvalue weighted by Gasteiger charge is -2.17.